The van der Waals surface area contributed by atoms with Crippen molar-refractivity contribution in [2.24, 2.45) is 9.76 Å². The Hall–Kier alpha value is 0.608. The zero-order valence-corrected chi connectivity index (χ0v) is 20.2. The minimum atomic E-state index is -2.37. The van der Waals surface area contributed by atoms with Crippen LogP contribution in [0.5, 0.6) is 0 Å². The van der Waals surface area contributed by atoms with Gasteiger partial charge in [0.25, 0.3) is 0 Å². The highest BCUT2D eigenvalue weighted by atomic mass is 32.1. The predicted molar refractivity (Wildman–Crippen MR) is 105 cm³/mol. The Kier molecular flexibility index (Phi) is 7.22. The van der Waals surface area contributed by atoms with Crippen molar-refractivity contribution in [2.75, 3.05) is 0 Å². The summed E-state index contributed by atoms with van der Waals surface area (Å²) in [6, 6.07) is 0. The van der Waals surface area contributed by atoms with Crippen molar-refractivity contribution in [1.29, 1.82) is 0 Å². The lowest BCUT2D eigenvalue weighted by atomic mass is 11.3. The van der Waals surface area contributed by atoms with E-state index in [1.54, 1.807) is 0 Å². The van der Waals surface area contributed by atoms with Gasteiger partial charge in [0.05, 0.1) is 0 Å². The Balaban J connectivity index is 5.97. The van der Waals surface area contributed by atoms with E-state index in [1.165, 1.54) is 0 Å². The maximum Gasteiger partial charge on any atom is 0.240 e. The van der Waals surface area contributed by atoms with Gasteiger partial charge >= 0.3 is 0 Å². The minimum Gasteiger partial charge on any atom is -0.403 e. The van der Waals surface area contributed by atoms with Crippen molar-refractivity contribution in [3.63, 3.8) is 0 Å². The van der Waals surface area contributed by atoms with Crippen molar-refractivity contribution in [1.82, 2.24) is 0 Å². The van der Waals surface area contributed by atoms with Gasteiger partial charge < -0.3 is 10.2 Å². The number of hydrogen-bond acceptors (Lipinski definition) is 4. The highest BCUT2D eigenvalue weighted by Gasteiger charge is 2.56. The van der Waals surface area contributed by atoms with Crippen LogP contribution in [0, 0.1) is 0 Å². The second-order valence-electron chi connectivity index (χ2n) is 9.21. The minimum absolute atomic E-state index is 0.360. The third kappa shape index (κ3) is 6.32. The van der Waals surface area contributed by atoms with Gasteiger partial charge in [-0.1, -0.05) is 39.3 Å². The first kappa shape index (κ1) is 21.6. The monoisotopic (exact) mass is 382 g/mol. The maximum atomic E-state index is 11.3. The van der Waals surface area contributed by atoms with E-state index in [1.807, 2.05) is 0 Å². The molecule has 0 aromatic carbocycles. The molecule has 0 bridgehead atoms. The molecular formula is C12H34N2O2SSi4. The van der Waals surface area contributed by atoms with Gasteiger partial charge in [-0.2, -0.15) is 4.21 Å². The molecular weight excluding hydrogens is 349 g/mol. The number of rotatable bonds is 7. The Morgan fingerprint density at radius 1 is 0.905 bits per heavy atom. The molecule has 0 aliphatic heterocycles. The number of hydrogen-bond donors (Lipinski definition) is 1. The molecule has 2 unspecified atom stereocenters. The Morgan fingerprint density at radius 3 is 1.52 bits per heavy atom. The van der Waals surface area contributed by atoms with Crippen molar-refractivity contribution in [2.45, 2.75) is 76.1 Å². The quantitative estimate of drug-likeness (QED) is 0.538. The van der Waals surface area contributed by atoms with Crippen molar-refractivity contribution in [3.8, 4) is 0 Å². The van der Waals surface area contributed by atoms with Crippen molar-refractivity contribution >= 4 is 44.2 Å². The summed E-state index contributed by atoms with van der Waals surface area (Å²) >= 11 is 0.360. The maximum absolute atomic E-state index is 11.3. The van der Waals surface area contributed by atoms with E-state index in [0.29, 0.717) is 16.3 Å². The first-order chi connectivity index (χ1) is 9.05. The van der Waals surface area contributed by atoms with Crippen LogP contribution in [0.2, 0.25) is 70.3 Å². The molecule has 0 aromatic rings. The smallest absolute Gasteiger partial charge is 0.240 e. The van der Waals surface area contributed by atoms with Gasteiger partial charge in [0.1, 0.15) is 5.85 Å². The van der Waals surface area contributed by atoms with Crippen LogP contribution in [0.15, 0.2) is 4.03 Å². The largest absolute Gasteiger partial charge is 0.403 e. The van der Waals surface area contributed by atoms with E-state index >= 15 is 0 Å². The SMILES string of the molecule is C[Si](C)(C)OC(N)[Si](C)(N=S=O)C([Si](C)(C)C)[Si](C)(C)C. The standard InChI is InChI=1S/C12H34N2O2SSi4/c1-18(2,3)12(19(4,5)6)21(10,14-17-15)11(13)16-20(7,8)9/h11-12H,13H2,1-10H3. The molecule has 0 radical (unpaired) electrons. The fourth-order valence-corrected chi connectivity index (χ4v) is 34.8. The van der Waals surface area contributed by atoms with Crippen molar-refractivity contribution < 1.29 is 8.63 Å². The molecule has 0 amide bonds. The number of nitrogens with zero attached hydrogens (tertiary/aromatic N) is 1. The summed E-state index contributed by atoms with van der Waals surface area (Å²) in [5, 5.41) is 0. The van der Waals surface area contributed by atoms with Gasteiger partial charge in [-0.15, -0.1) is 0 Å². The summed E-state index contributed by atoms with van der Waals surface area (Å²) in [4.78, 5) is 0.519. The molecule has 0 spiro atoms. The molecule has 0 saturated carbocycles. The predicted octanol–water partition coefficient (Wildman–Crippen LogP) is 3.76. The van der Waals surface area contributed by atoms with E-state index in [-0.39, 0.29) is 5.85 Å². The second-order valence-corrected chi connectivity index (χ2v) is 30.5. The lowest BCUT2D eigenvalue weighted by molar-refractivity contribution is 0.268. The molecule has 9 heteroatoms. The highest BCUT2D eigenvalue weighted by Crippen LogP contribution is 2.42. The highest BCUT2D eigenvalue weighted by molar-refractivity contribution is 7.56. The molecule has 0 heterocycles. The van der Waals surface area contributed by atoms with Gasteiger partial charge in [0, 0.05) is 16.1 Å². The van der Waals surface area contributed by atoms with Gasteiger partial charge in [0.2, 0.25) is 8.24 Å². The Morgan fingerprint density at radius 2 is 1.29 bits per heavy atom. The first-order valence-electron chi connectivity index (χ1n) is 7.50. The van der Waals surface area contributed by atoms with Crippen LogP contribution >= 0.6 is 0 Å². The molecule has 2 N–H and O–H groups in total. The topological polar surface area (TPSA) is 64.7 Å². The molecule has 0 aromatic heterocycles. The van der Waals surface area contributed by atoms with Gasteiger partial charge in [-0.3, -0.25) is 0 Å². The summed E-state index contributed by atoms with van der Waals surface area (Å²) in [5.74, 6) is -0.367. The molecule has 0 aliphatic rings. The third-order valence-electron chi connectivity index (χ3n) is 3.61. The van der Waals surface area contributed by atoms with Crippen LogP contribution in [-0.2, 0) is 15.9 Å². The molecule has 4 nitrogen and oxygen atoms in total. The lowest BCUT2D eigenvalue weighted by Crippen LogP contribution is -2.66. The molecule has 21 heavy (non-hydrogen) atoms. The van der Waals surface area contributed by atoms with Gasteiger partial charge in [0.15, 0.2) is 19.8 Å². The lowest BCUT2D eigenvalue weighted by Gasteiger charge is -2.48. The molecule has 2 atom stereocenters. The summed E-state index contributed by atoms with van der Waals surface area (Å²) in [6.45, 7) is 22.9. The van der Waals surface area contributed by atoms with Crippen LogP contribution in [0.3, 0.4) is 0 Å². The third-order valence-corrected chi connectivity index (χ3v) is 26.5. The first-order valence-corrected chi connectivity index (χ1v) is 21.4. The summed E-state index contributed by atoms with van der Waals surface area (Å²) in [7, 11) is -7.13. The molecule has 0 saturated heterocycles. The molecule has 0 aliphatic carbocycles. The molecule has 0 fully saturated rings. The normalized spacial score (nSPS) is 18.3. The van der Waals surface area contributed by atoms with Gasteiger partial charge in [-0.05, 0) is 31.0 Å². The van der Waals surface area contributed by atoms with E-state index < -0.39 is 32.7 Å². The summed E-state index contributed by atoms with van der Waals surface area (Å²) in [6.07, 6.45) is 0. The average Bonchev–Trinajstić information content (AvgIpc) is 2.09. The van der Waals surface area contributed by atoms with Crippen LogP contribution in [0.25, 0.3) is 0 Å². The summed E-state index contributed by atoms with van der Waals surface area (Å²) in [5.41, 5.74) is 6.49. The van der Waals surface area contributed by atoms with E-state index in [9.17, 15) is 4.21 Å². The molecule has 0 rings (SSSR count). The Bertz CT molecular complexity index is 397. The van der Waals surface area contributed by atoms with E-state index in [4.69, 9.17) is 10.2 Å². The average molecular weight is 383 g/mol. The van der Waals surface area contributed by atoms with Crippen LogP contribution in [-0.4, -0.2) is 42.8 Å². The molecule has 126 valence electrons. The number of nitrogens with two attached hydrogens (primary N) is 1. The fraction of sp³-hybridized carbons (Fsp3) is 1.00. The van der Waals surface area contributed by atoms with Crippen LogP contribution in [0.1, 0.15) is 0 Å². The fourth-order valence-electron chi connectivity index (χ4n) is 3.90. The van der Waals surface area contributed by atoms with Crippen molar-refractivity contribution in [3.05, 3.63) is 0 Å². The van der Waals surface area contributed by atoms with Crippen LogP contribution in [0.4, 0.5) is 0 Å². The second kappa shape index (κ2) is 7.01. The zero-order chi connectivity index (χ0) is 17.3. The van der Waals surface area contributed by atoms with Gasteiger partial charge in [-0.25, -0.2) is 4.03 Å². The Labute approximate surface area is 138 Å². The zero-order valence-electron chi connectivity index (χ0n) is 15.4. The van der Waals surface area contributed by atoms with E-state index in [2.05, 4.69) is 69.5 Å². The summed E-state index contributed by atoms with van der Waals surface area (Å²) < 4.78 is 22.0. The van der Waals surface area contributed by atoms with Crippen LogP contribution < -0.4 is 5.73 Å². The van der Waals surface area contributed by atoms with E-state index in [0.717, 1.165) is 0 Å².